The summed E-state index contributed by atoms with van der Waals surface area (Å²) in [6.45, 7) is 0.521. The molecule has 4 aromatic rings. The van der Waals surface area contributed by atoms with Gasteiger partial charge in [0.15, 0.2) is 0 Å². The maximum absolute atomic E-state index is 12.6. The number of hydrogen-bond donors (Lipinski definition) is 3. The Morgan fingerprint density at radius 1 is 0.818 bits per heavy atom. The number of hydrazine groups is 1. The van der Waals surface area contributed by atoms with Gasteiger partial charge in [-0.1, -0.05) is 36.4 Å². The van der Waals surface area contributed by atoms with Crippen LogP contribution in [-0.4, -0.2) is 24.8 Å². The Morgan fingerprint density at radius 2 is 1.55 bits per heavy atom. The second-order valence-corrected chi connectivity index (χ2v) is 9.89. The van der Waals surface area contributed by atoms with Crippen molar-refractivity contribution in [3.05, 3.63) is 107 Å². The van der Waals surface area contributed by atoms with E-state index in [-0.39, 0.29) is 9.77 Å². The fourth-order valence-electron chi connectivity index (χ4n) is 3.10. The molecule has 0 aliphatic heterocycles. The molecule has 0 saturated heterocycles. The summed E-state index contributed by atoms with van der Waals surface area (Å²) in [6.07, 6.45) is 1.79. The van der Waals surface area contributed by atoms with Gasteiger partial charge in [-0.25, -0.2) is 8.42 Å². The van der Waals surface area contributed by atoms with Crippen molar-refractivity contribution in [2.24, 2.45) is 0 Å². The molecule has 33 heavy (non-hydrogen) atoms. The standard InChI is InChI=1S/C23H20N4O4S2/c28-22(18-10-12-19(13-11-18)26-33(30,31)21-9-5-15-32-21)24-25-23(29)20-8-4-14-27(20)16-17-6-2-1-3-7-17/h1-15,26H,16H2,(H,24,28)(H,25,29). The van der Waals surface area contributed by atoms with E-state index in [0.29, 0.717) is 17.9 Å². The Kier molecular flexibility index (Phi) is 6.57. The van der Waals surface area contributed by atoms with Gasteiger partial charge < -0.3 is 4.57 Å². The van der Waals surface area contributed by atoms with E-state index >= 15 is 0 Å². The van der Waals surface area contributed by atoms with Crippen LogP contribution in [0.25, 0.3) is 0 Å². The second kappa shape index (κ2) is 9.72. The average Bonchev–Trinajstić information content (AvgIpc) is 3.51. The highest BCUT2D eigenvalue weighted by Crippen LogP contribution is 2.20. The van der Waals surface area contributed by atoms with Gasteiger partial charge in [-0.3, -0.25) is 25.2 Å². The van der Waals surface area contributed by atoms with E-state index in [4.69, 9.17) is 0 Å². The maximum atomic E-state index is 12.6. The highest BCUT2D eigenvalue weighted by molar-refractivity contribution is 7.94. The summed E-state index contributed by atoms with van der Waals surface area (Å²) in [6, 6.07) is 22.2. The van der Waals surface area contributed by atoms with Crippen molar-refractivity contribution in [1.82, 2.24) is 15.4 Å². The second-order valence-electron chi connectivity index (χ2n) is 7.03. The molecule has 3 N–H and O–H groups in total. The lowest BCUT2D eigenvalue weighted by atomic mass is 10.2. The van der Waals surface area contributed by atoms with E-state index in [1.165, 1.54) is 30.3 Å². The summed E-state index contributed by atoms with van der Waals surface area (Å²) in [7, 11) is -3.67. The molecule has 0 aliphatic carbocycles. The Hall–Kier alpha value is -3.89. The third-order valence-corrected chi connectivity index (χ3v) is 7.49. The number of hydrogen-bond acceptors (Lipinski definition) is 5. The maximum Gasteiger partial charge on any atom is 0.286 e. The molecule has 168 valence electrons. The van der Waals surface area contributed by atoms with Gasteiger partial charge in [0.25, 0.3) is 21.8 Å². The van der Waals surface area contributed by atoms with Crippen LogP contribution >= 0.6 is 11.3 Å². The molecule has 0 saturated carbocycles. The van der Waals surface area contributed by atoms with Crippen LogP contribution in [0, 0.1) is 0 Å². The molecule has 2 aromatic heterocycles. The largest absolute Gasteiger partial charge is 0.339 e. The number of amides is 2. The zero-order valence-corrected chi connectivity index (χ0v) is 18.9. The van der Waals surface area contributed by atoms with E-state index in [9.17, 15) is 18.0 Å². The van der Waals surface area contributed by atoms with Crippen molar-refractivity contribution in [1.29, 1.82) is 0 Å². The minimum absolute atomic E-state index is 0.198. The number of aromatic nitrogens is 1. The van der Waals surface area contributed by atoms with Crippen molar-refractivity contribution in [2.45, 2.75) is 10.8 Å². The minimum Gasteiger partial charge on any atom is -0.339 e. The molecule has 0 aliphatic rings. The van der Waals surface area contributed by atoms with Crippen LogP contribution in [0.2, 0.25) is 0 Å². The molecule has 0 spiro atoms. The van der Waals surface area contributed by atoms with Gasteiger partial charge >= 0.3 is 0 Å². The molecule has 0 atom stereocenters. The third-order valence-electron chi connectivity index (χ3n) is 4.71. The summed E-state index contributed by atoms with van der Waals surface area (Å²) < 4.78 is 29.0. The van der Waals surface area contributed by atoms with Crippen LogP contribution in [-0.2, 0) is 16.6 Å². The van der Waals surface area contributed by atoms with Crippen LogP contribution in [0.5, 0.6) is 0 Å². The molecule has 2 aromatic carbocycles. The number of sulfonamides is 1. The Morgan fingerprint density at radius 3 is 2.24 bits per heavy atom. The molecular formula is C23H20N4O4S2. The molecule has 4 rings (SSSR count). The van der Waals surface area contributed by atoms with Gasteiger partial charge in [0.2, 0.25) is 0 Å². The fraction of sp³-hybridized carbons (Fsp3) is 0.0435. The zero-order chi connectivity index (χ0) is 23.3. The van der Waals surface area contributed by atoms with Crippen LogP contribution in [0.3, 0.4) is 0 Å². The molecule has 0 fully saturated rings. The molecular weight excluding hydrogens is 460 g/mol. The zero-order valence-electron chi connectivity index (χ0n) is 17.3. The van der Waals surface area contributed by atoms with Crippen LogP contribution in [0.1, 0.15) is 26.4 Å². The van der Waals surface area contributed by atoms with Gasteiger partial charge in [-0.2, -0.15) is 0 Å². The number of carbonyl (C=O) groups is 2. The first-order valence-corrected chi connectivity index (χ1v) is 12.2. The molecule has 0 bridgehead atoms. The number of rotatable bonds is 7. The monoisotopic (exact) mass is 480 g/mol. The summed E-state index contributed by atoms with van der Waals surface area (Å²) in [5, 5.41) is 1.68. The van der Waals surface area contributed by atoms with Gasteiger partial charge in [-0.15, -0.1) is 11.3 Å². The predicted octanol–water partition coefficient (Wildman–Crippen LogP) is 3.47. The van der Waals surface area contributed by atoms with E-state index in [1.807, 2.05) is 30.3 Å². The Bertz CT molecular complexity index is 1350. The average molecular weight is 481 g/mol. The van der Waals surface area contributed by atoms with Gasteiger partial charge in [-0.05, 0) is 53.4 Å². The number of benzene rings is 2. The summed E-state index contributed by atoms with van der Waals surface area (Å²) in [4.78, 5) is 25.0. The van der Waals surface area contributed by atoms with Crippen LogP contribution in [0.4, 0.5) is 5.69 Å². The van der Waals surface area contributed by atoms with Gasteiger partial charge in [0.1, 0.15) is 9.90 Å². The predicted molar refractivity (Wildman–Crippen MR) is 126 cm³/mol. The molecule has 0 radical (unpaired) electrons. The number of thiophene rings is 1. The lowest BCUT2D eigenvalue weighted by Gasteiger charge is -2.11. The SMILES string of the molecule is O=C(NNC(=O)c1cccn1Cc1ccccc1)c1ccc(NS(=O)(=O)c2cccs2)cc1. The quantitative estimate of drug-likeness (QED) is 0.352. The van der Waals surface area contributed by atoms with Crippen LogP contribution in [0.15, 0.2) is 94.6 Å². The van der Waals surface area contributed by atoms with Crippen molar-refractivity contribution >= 4 is 38.9 Å². The lowest BCUT2D eigenvalue weighted by Crippen LogP contribution is -2.42. The minimum atomic E-state index is -3.67. The molecule has 8 nitrogen and oxygen atoms in total. The highest BCUT2D eigenvalue weighted by atomic mass is 32.2. The van der Waals surface area contributed by atoms with E-state index in [1.54, 1.807) is 34.3 Å². The van der Waals surface area contributed by atoms with Crippen molar-refractivity contribution in [3.8, 4) is 0 Å². The Balaban J connectivity index is 1.35. The van der Waals surface area contributed by atoms with E-state index in [0.717, 1.165) is 16.9 Å². The van der Waals surface area contributed by atoms with Crippen molar-refractivity contribution in [3.63, 3.8) is 0 Å². The number of nitrogens with one attached hydrogen (secondary N) is 3. The summed E-state index contributed by atoms with van der Waals surface area (Å²) >= 11 is 1.11. The van der Waals surface area contributed by atoms with Crippen molar-refractivity contribution < 1.29 is 18.0 Å². The van der Waals surface area contributed by atoms with Gasteiger partial charge in [0.05, 0.1) is 0 Å². The first-order valence-electron chi connectivity index (χ1n) is 9.88. The lowest BCUT2D eigenvalue weighted by molar-refractivity contribution is 0.0841. The highest BCUT2D eigenvalue weighted by Gasteiger charge is 2.16. The molecule has 10 heteroatoms. The van der Waals surface area contributed by atoms with Crippen molar-refractivity contribution in [2.75, 3.05) is 4.72 Å². The summed E-state index contributed by atoms with van der Waals surface area (Å²) in [5.74, 6) is -0.984. The number of carbonyl (C=O) groups excluding carboxylic acids is 2. The molecule has 2 amide bonds. The van der Waals surface area contributed by atoms with E-state index < -0.39 is 21.8 Å². The first-order chi connectivity index (χ1) is 15.9. The summed E-state index contributed by atoms with van der Waals surface area (Å²) in [5.41, 5.74) is 6.81. The fourth-order valence-corrected chi connectivity index (χ4v) is 5.15. The first kappa shape index (κ1) is 22.3. The third kappa shape index (κ3) is 5.48. The normalized spacial score (nSPS) is 11.0. The molecule has 0 unspecified atom stereocenters. The van der Waals surface area contributed by atoms with E-state index in [2.05, 4.69) is 15.6 Å². The smallest absolute Gasteiger partial charge is 0.286 e. The topological polar surface area (TPSA) is 109 Å². The number of nitrogens with zero attached hydrogens (tertiary/aromatic N) is 1. The van der Waals surface area contributed by atoms with Gasteiger partial charge in [0, 0.05) is 24.0 Å². The number of anilines is 1. The molecule has 2 heterocycles. The van der Waals surface area contributed by atoms with Crippen LogP contribution < -0.4 is 15.6 Å². The Labute approximate surface area is 194 Å².